The Labute approximate surface area is 139 Å². The van der Waals surface area contributed by atoms with E-state index in [4.69, 9.17) is 16.1 Å². The molecule has 3 heterocycles. The van der Waals surface area contributed by atoms with Gasteiger partial charge >= 0.3 is 0 Å². The maximum absolute atomic E-state index is 9.47. The van der Waals surface area contributed by atoms with Crippen molar-refractivity contribution in [2.24, 2.45) is 0 Å². The molecule has 1 unspecified atom stereocenters. The monoisotopic (exact) mass is 332 g/mol. The van der Waals surface area contributed by atoms with Gasteiger partial charge in [0.2, 0.25) is 5.89 Å². The van der Waals surface area contributed by atoms with E-state index in [0.29, 0.717) is 34.7 Å². The lowest BCUT2D eigenvalue weighted by Gasteiger charge is -2.38. The lowest BCUT2D eigenvalue weighted by atomic mass is 10.1. The average molecular weight is 333 g/mol. The van der Waals surface area contributed by atoms with Crippen LogP contribution in [-0.4, -0.2) is 46.7 Å². The number of rotatable bonds is 2. The lowest BCUT2D eigenvalue weighted by molar-refractivity contribution is 0.177. The molecule has 0 saturated carbocycles. The second kappa shape index (κ2) is 6.14. The third-order valence-corrected chi connectivity index (χ3v) is 4.53. The first-order valence-electron chi connectivity index (χ1n) is 7.32. The predicted octanol–water partition coefficient (Wildman–Crippen LogP) is 2.10. The molecule has 1 atom stereocenters. The van der Waals surface area contributed by atoms with E-state index in [0.717, 1.165) is 18.7 Å². The molecule has 3 rings (SSSR count). The van der Waals surface area contributed by atoms with Crippen LogP contribution in [0.2, 0.25) is 5.02 Å². The summed E-state index contributed by atoms with van der Waals surface area (Å²) in [7, 11) is 2.02. The van der Waals surface area contributed by atoms with Gasteiger partial charge in [-0.3, -0.25) is 4.90 Å². The fourth-order valence-electron chi connectivity index (χ4n) is 2.72. The van der Waals surface area contributed by atoms with E-state index < -0.39 is 0 Å². The largest absolute Gasteiger partial charge is 0.352 e. The summed E-state index contributed by atoms with van der Waals surface area (Å²) in [5, 5.41) is 13.8. The Bertz CT molecular complexity index is 768. The van der Waals surface area contributed by atoms with Crippen molar-refractivity contribution in [3.63, 3.8) is 0 Å². The highest BCUT2D eigenvalue weighted by atomic mass is 35.5. The molecule has 2 aromatic rings. The number of anilines is 1. The molecule has 8 heteroatoms. The number of halogens is 1. The molecule has 1 saturated heterocycles. The third-order valence-electron chi connectivity index (χ3n) is 4.14. The summed E-state index contributed by atoms with van der Waals surface area (Å²) in [5.41, 5.74) is 1.27. The van der Waals surface area contributed by atoms with E-state index >= 15 is 0 Å². The molecule has 0 aromatic carbocycles. The van der Waals surface area contributed by atoms with E-state index in [1.54, 1.807) is 13.1 Å². The molecule has 0 aliphatic carbocycles. The molecule has 0 N–H and O–H groups in total. The van der Waals surface area contributed by atoms with Crippen molar-refractivity contribution in [1.29, 1.82) is 5.26 Å². The summed E-state index contributed by atoms with van der Waals surface area (Å²) in [4.78, 5) is 13.0. The molecule has 0 amide bonds. The van der Waals surface area contributed by atoms with Crippen molar-refractivity contribution in [3.8, 4) is 6.07 Å². The number of hydrogen-bond acceptors (Lipinski definition) is 7. The van der Waals surface area contributed by atoms with Gasteiger partial charge in [0.25, 0.3) is 0 Å². The second-order valence-electron chi connectivity index (χ2n) is 5.66. The molecule has 0 bridgehead atoms. The summed E-state index contributed by atoms with van der Waals surface area (Å²) in [5.74, 6) is 1.85. The SMILES string of the molecule is Cc1noc(C2CN(c3ncc(Cl)c(C)c3C#N)CCN2C)n1. The van der Waals surface area contributed by atoms with Crippen LogP contribution in [0.3, 0.4) is 0 Å². The Morgan fingerprint density at radius 3 is 2.83 bits per heavy atom. The van der Waals surface area contributed by atoms with Crippen molar-refractivity contribution < 1.29 is 4.52 Å². The maximum Gasteiger partial charge on any atom is 0.245 e. The second-order valence-corrected chi connectivity index (χ2v) is 6.07. The fraction of sp³-hybridized carbons (Fsp3) is 0.467. The first kappa shape index (κ1) is 15.7. The van der Waals surface area contributed by atoms with Gasteiger partial charge in [-0.1, -0.05) is 16.8 Å². The standard InChI is InChI=1S/C15H17ClN6O/c1-9-11(6-17)14(18-7-12(9)16)22-5-4-21(3)13(8-22)15-19-10(2)20-23-15/h7,13H,4-5,8H2,1-3H3. The van der Waals surface area contributed by atoms with Crippen molar-refractivity contribution in [1.82, 2.24) is 20.0 Å². The maximum atomic E-state index is 9.47. The number of piperazine rings is 1. The smallest absolute Gasteiger partial charge is 0.245 e. The van der Waals surface area contributed by atoms with E-state index in [2.05, 4.69) is 31.0 Å². The predicted molar refractivity (Wildman–Crippen MR) is 85.3 cm³/mol. The molecule has 1 aliphatic heterocycles. The summed E-state index contributed by atoms with van der Waals surface area (Å²) < 4.78 is 5.32. The Kier molecular flexibility index (Phi) is 4.20. The highest BCUT2D eigenvalue weighted by molar-refractivity contribution is 6.31. The molecule has 0 radical (unpaired) electrons. The number of aryl methyl sites for hydroxylation is 1. The van der Waals surface area contributed by atoms with Crippen LogP contribution >= 0.6 is 11.6 Å². The quantitative estimate of drug-likeness (QED) is 0.832. The van der Waals surface area contributed by atoms with Gasteiger partial charge in [0.1, 0.15) is 17.9 Å². The Morgan fingerprint density at radius 2 is 2.17 bits per heavy atom. The van der Waals surface area contributed by atoms with Crippen LogP contribution in [0.5, 0.6) is 0 Å². The first-order chi connectivity index (χ1) is 11.0. The molecule has 1 aliphatic rings. The average Bonchev–Trinajstić information content (AvgIpc) is 2.97. The summed E-state index contributed by atoms with van der Waals surface area (Å²) in [6, 6.07) is 2.19. The van der Waals surface area contributed by atoms with Crippen molar-refractivity contribution in [2.75, 3.05) is 31.6 Å². The molecular formula is C15H17ClN6O. The summed E-state index contributed by atoms with van der Waals surface area (Å²) in [6.45, 7) is 5.83. The highest BCUT2D eigenvalue weighted by Crippen LogP contribution is 2.30. The van der Waals surface area contributed by atoms with Gasteiger partial charge < -0.3 is 9.42 Å². The van der Waals surface area contributed by atoms with Crippen LogP contribution in [0.1, 0.15) is 28.9 Å². The van der Waals surface area contributed by atoms with Crippen molar-refractivity contribution in [2.45, 2.75) is 19.9 Å². The van der Waals surface area contributed by atoms with Crippen LogP contribution in [-0.2, 0) is 0 Å². The molecule has 1 fully saturated rings. The van der Waals surface area contributed by atoms with Gasteiger partial charge in [-0.15, -0.1) is 0 Å². The molecular weight excluding hydrogens is 316 g/mol. The summed E-state index contributed by atoms with van der Waals surface area (Å²) in [6.07, 6.45) is 1.59. The van der Waals surface area contributed by atoms with Crippen molar-refractivity contribution >= 4 is 17.4 Å². The topological polar surface area (TPSA) is 82.1 Å². The Balaban J connectivity index is 1.93. The zero-order valence-electron chi connectivity index (χ0n) is 13.2. The van der Waals surface area contributed by atoms with Gasteiger partial charge in [-0.2, -0.15) is 10.2 Å². The van der Waals surface area contributed by atoms with E-state index in [1.165, 1.54) is 0 Å². The van der Waals surface area contributed by atoms with Gasteiger partial charge in [-0.05, 0) is 26.5 Å². The van der Waals surface area contributed by atoms with Gasteiger partial charge in [0.15, 0.2) is 5.82 Å². The minimum absolute atomic E-state index is 0.0331. The van der Waals surface area contributed by atoms with Gasteiger partial charge in [0, 0.05) is 25.8 Å². The van der Waals surface area contributed by atoms with E-state index in [9.17, 15) is 5.26 Å². The first-order valence-corrected chi connectivity index (χ1v) is 7.69. The molecule has 0 spiro atoms. The molecule has 120 valence electrons. The molecule has 2 aromatic heterocycles. The van der Waals surface area contributed by atoms with Crippen LogP contribution in [0, 0.1) is 25.2 Å². The zero-order chi connectivity index (χ0) is 16.6. The summed E-state index contributed by atoms with van der Waals surface area (Å²) >= 11 is 6.08. The number of nitriles is 1. The van der Waals surface area contributed by atoms with Crippen LogP contribution in [0.15, 0.2) is 10.7 Å². The number of pyridine rings is 1. The fourth-order valence-corrected chi connectivity index (χ4v) is 2.86. The number of aromatic nitrogens is 3. The minimum atomic E-state index is -0.0331. The lowest BCUT2D eigenvalue weighted by Crippen LogP contribution is -2.47. The van der Waals surface area contributed by atoms with Gasteiger partial charge in [0.05, 0.1) is 10.6 Å². The highest BCUT2D eigenvalue weighted by Gasteiger charge is 2.31. The van der Waals surface area contributed by atoms with E-state index in [1.807, 2.05) is 14.0 Å². The van der Waals surface area contributed by atoms with Crippen LogP contribution < -0.4 is 4.90 Å². The number of likely N-dealkylation sites (N-methyl/N-ethyl adjacent to an activating group) is 1. The van der Waals surface area contributed by atoms with Crippen LogP contribution in [0.4, 0.5) is 5.82 Å². The van der Waals surface area contributed by atoms with Crippen molar-refractivity contribution in [3.05, 3.63) is 34.1 Å². The zero-order valence-corrected chi connectivity index (χ0v) is 14.0. The van der Waals surface area contributed by atoms with Crippen LogP contribution in [0.25, 0.3) is 0 Å². The van der Waals surface area contributed by atoms with Gasteiger partial charge in [-0.25, -0.2) is 4.98 Å². The number of hydrogen-bond donors (Lipinski definition) is 0. The Morgan fingerprint density at radius 1 is 1.39 bits per heavy atom. The van der Waals surface area contributed by atoms with E-state index in [-0.39, 0.29) is 6.04 Å². The molecule has 7 nitrogen and oxygen atoms in total. The Hall–Kier alpha value is -2.17. The normalized spacial score (nSPS) is 18.9. The molecule has 23 heavy (non-hydrogen) atoms. The number of nitrogens with zero attached hydrogens (tertiary/aromatic N) is 6. The minimum Gasteiger partial charge on any atom is -0.352 e. The third kappa shape index (κ3) is 2.87.